The molecule has 1 saturated heterocycles. The van der Waals surface area contributed by atoms with Gasteiger partial charge in [-0.3, -0.25) is 9.59 Å². The summed E-state index contributed by atoms with van der Waals surface area (Å²) in [4.78, 5) is 36.3. The van der Waals surface area contributed by atoms with Gasteiger partial charge in [-0.15, -0.1) is 0 Å². The van der Waals surface area contributed by atoms with Crippen LogP contribution < -0.4 is 10.1 Å². The predicted molar refractivity (Wildman–Crippen MR) is 115 cm³/mol. The summed E-state index contributed by atoms with van der Waals surface area (Å²) in [7, 11) is 1.57. The maximum atomic E-state index is 13.0. The summed E-state index contributed by atoms with van der Waals surface area (Å²) in [5.74, 6) is 1.38. The molecule has 0 saturated carbocycles. The molecule has 2 aromatic rings. The molecule has 1 aromatic heterocycles. The van der Waals surface area contributed by atoms with Crippen LogP contribution in [0.4, 0.5) is 0 Å². The van der Waals surface area contributed by atoms with E-state index in [1.54, 1.807) is 19.2 Å². The van der Waals surface area contributed by atoms with Crippen molar-refractivity contribution in [3.05, 3.63) is 52.6 Å². The Kier molecular flexibility index (Phi) is 7.03. The van der Waals surface area contributed by atoms with E-state index in [2.05, 4.69) is 5.32 Å². The largest absolute Gasteiger partial charge is 0.496 e. The second-order valence-corrected chi connectivity index (χ2v) is 7.69. The molecular weight excluding hydrogens is 380 g/mol. The van der Waals surface area contributed by atoms with Gasteiger partial charge in [0.2, 0.25) is 5.91 Å². The zero-order chi connectivity index (χ0) is 21.7. The average Bonchev–Trinajstić information content (AvgIpc) is 3.24. The lowest BCUT2D eigenvalue weighted by molar-refractivity contribution is -0.120. The van der Waals surface area contributed by atoms with Crippen molar-refractivity contribution in [1.29, 1.82) is 0 Å². The molecule has 1 aromatic carbocycles. The number of nitrogens with one attached hydrogen (secondary N) is 1. The fraction of sp³-hybridized carbons (Fsp3) is 0.478. The number of benzene rings is 1. The van der Waals surface area contributed by atoms with Gasteiger partial charge < -0.3 is 15.0 Å². The number of hydrogen-bond acceptors (Lipinski definition) is 5. The third kappa shape index (κ3) is 4.78. The molecule has 3 rings (SSSR count). The second-order valence-electron chi connectivity index (χ2n) is 7.69. The molecule has 1 aliphatic rings. The van der Waals surface area contributed by atoms with Gasteiger partial charge in [0.25, 0.3) is 5.91 Å². The smallest absolute Gasteiger partial charge is 0.257 e. The topological polar surface area (TPSA) is 84.4 Å². The van der Waals surface area contributed by atoms with Crippen molar-refractivity contribution in [2.24, 2.45) is 0 Å². The van der Waals surface area contributed by atoms with Crippen molar-refractivity contribution in [2.45, 2.75) is 46.0 Å². The number of aryl methyl sites for hydroxylation is 2. The number of aromatic nitrogens is 2. The van der Waals surface area contributed by atoms with Gasteiger partial charge in [0.15, 0.2) is 0 Å². The number of para-hydroxylation sites is 1. The number of nitrogens with zero attached hydrogens (tertiary/aromatic N) is 3. The van der Waals surface area contributed by atoms with Crippen LogP contribution in [0.1, 0.15) is 58.8 Å². The van der Waals surface area contributed by atoms with Gasteiger partial charge in [-0.2, -0.15) is 0 Å². The number of carbonyl (C=O) groups is 2. The summed E-state index contributed by atoms with van der Waals surface area (Å²) in [6.45, 7) is 7.78. The van der Waals surface area contributed by atoms with Crippen molar-refractivity contribution < 1.29 is 14.3 Å². The normalized spacial score (nSPS) is 15.9. The standard InChI is InChI=1S/C23H30N4O3/c1-5-11-24-21(28)13-19-15(2)25-22(26-16(19)3)17-10-12-27(14-17)23(29)18-8-6-7-9-20(18)30-4/h6-9,17H,5,10-14H2,1-4H3,(H,24,28)/t17-/m0/s1. The number of rotatable bonds is 7. The molecule has 160 valence electrons. The molecule has 0 spiro atoms. The van der Waals surface area contributed by atoms with Crippen LogP contribution in [0.3, 0.4) is 0 Å². The molecule has 1 fully saturated rings. The molecule has 7 heteroatoms. The van der Waals surface area contributed by atoms with Crippen LogP contribution in [-0.4, -0.2) is 53.4 Å². The SMILES string of the molecule is CCCNC(=O)Cc1c(C)nc([C@H]2CCN(C(=O)c3ccccc3OC)C2)nc1C. The molecule has 1 aliphatic heterocycles. The number of carbonyl (C=O) groups excluding carboxylic acids is 2. The van der Waals surface area contributed by atoms with E-state index in [4.69, 9.17) is 14.7 Å². The molecule has 0 bridgehead atoms. The lowest BCUT2D eigenvalue weighted by Crippen LogP contribution is -2.29. The first-order valence-electron chi connectivity index (χ1n) is 10.5. The Bertz CT molecular complexity index is 905. The van der Waals surface area contributed by atoms with E-state index >= 15 is 0 Å². The van der Waals surface area contributed by atoms with Crippen LogP contribution >= 0.6 is 0 Å². The van der Waals surface area contributed by atoms with Crippen molar-refractivity contribution in [1.82, 2.24) is 20.2 Å². The Labute approximate surface area is 177 Å². The first kappa shape index (κ1) is 21.7. The summed E-state index contributed by atoms with van der Waals surface area (Å²) < 4.78 is 5.33. The summed E-state index contributed by atoms with van der Waals surface area (Å²) in [5.41, 5.74) is 3.12. The zero-order valence-electron chi connectivity index (χ0n) is 18.2. The minimum Gasteiger partial charge on any atom is -0.496 e. The summed E-state index contributed by atoms with van der Waals surface area (Å²) in [6.07, 6.45) is 2.02. The Morgan fingerprint density at radius 1 is 1.20 bits per heavy atom. The Morgan fingerprint density at radius 3 is 2.57 bits per heavy atom. The highest BCUT2D eigenvalue weighted by Gasteiger charge is 2.31. The van der Waals surface area contributed by atoms with E-state index in [-0.39, 0.29) is 17.7 Å². The van der Waals surface area contributed by atoms with Crippen molar-refractivity contribution in [3.63, 3.8) is 0 Å². The van der Waals surface area contributed by atoms with Crippen molar-refractivity contribution in [3.8, 4) is 5.75 Å². The third-order valence-electron chi connectivity index (χ3n) is 5.53. The van der Waals surface area contributed by atoms with Crippen molar-refractivity contribution >= 4 is 11.8 Å². The minimum absolute atomic E-state index is 0.00570. The zero-order valence-corrected chi connectivity index (χ0v) is 18.2. The number of hydrogen-bond donors (Lipinski definition) is 1. The molecule has 1 atom stereocenters. The van der Waals surface area contributed by atoms with Crippen molar-refractivity contribution in [2.75, 3.05) is 26.7 Å². The number of methoxy groups -OCH3 is 1. The number of likely N-dealkylation sites (tertiary alicyclic amines) is 1. The average molecular weight is 411 g/mol. The van der Waals surface area contributed by atoms with E-state index in [1.165, 1.54) is 0 Å². The monoisotopic (exact) mass is 410 g/mol. The molecule has 2 heterocycles. The van der Waals surface area contributed by atoms with Crippen LogP contribution in [0.25, 0.3) is 0 Å². The van der Waals surface area contributed by atoms with Crippen LogP contribution in [0.2, 0.25) is 0 Å². The van der Waals surface area contributed by atoms with E-state index < -0.39 is 0 Å². The van der Waals surface area contributed by atoms with Crippen LogP contribution in [-0.2, 0) is 11.2 Å². The lowest BCUT2D eigenvalue weighted by atomic mass is 10.0. The molecule has 2 amide bonds. The molecular formula is C23H30N4O3. The number of ether oxygens (including phenoxy) is 1. The predicted octanol–water partition coefficient (Wildman–Crippen LogP) is 2.80. The third-order valence-corrected chi connectivity index (χ3v) is 5.53. The highest BCUT2D eigenvalue weighted by atomic mass is 16.5. The maximum Gasteiger partial charge on any atom is 0.257 e. The summed E-state index contributed by atoms with van der Waals surface area (Å²) in [5, 5.41) is 2.90. The highest BCUT2D eigenvalue weighted by Crippen LogP contribution is 2.29. The first-order chi connectivity index (χ1) is 14.4. The number of amides is 2. The van der Waals surface area contributed by atoms with Crippen LogP contribution in [0.15, 0.2) is 24.3 Å². The highest BCUT2D eigenvalue weighted by molar-refractivity contribution is 5.97. The van der Waals surface area contributed by atoms with Gasteiger partial charge in [0.05, 0.1) is 19.1 Å². The summed E-state index contributed by atoms with van der Waals surface area (Å²) >= 11 is 0. The molecule has 30 heavy (non-hydrogen) atoms. The van der Waals surface area contributed by atoms with E-state index in [1.807, 2.05) is 37.8 Å². The first-order valence-corrected chi connectivity index (χ1v) is 10.5. The Hall–Kier alpha value is -2.96. The Balaban J connectivity index is 1.72. The Morgan fingerprint density at radius 2 is 1.90 bits per heavy atom. The second kappa shape index (κ2) is 9.69. The maximum absolute atomic E-state index is 13.0. The van der Waals surface area contributed by atoms with Gasteiger partial charge in [0.1, 0.15) is 11.6 Å². The quantitative estimate of drug-likeness (QED) is 0.759. The molecule has 0 aliphatic carbocycles. The van der Waals surface area contributed by atoms with Crippen LogP contribution in [0.5, 0.6) is 5.75 Å². The fourth-order valence-corrected chi connectivity index (χ4v) is 3.84. The van der Waals surface area contributed by atoms with Gasteiger partial charge in [-0.25, -0.2) is 9.97 Å². The van der Waals surface area contributed by atoms with Gasteiger partial charge >= 0.3 is 0 Å². The fourth-order valence-electron chi connectivity index (χ4n) is 3.84. The molecule has 0 unspecified atom stereocenters. The van der Waals surface area contributed by atoms with Gasteiger partial charge in [-0.1, -0.05) is 19.1 Å². The molecule has 1 N–H and O–H groups in total. The van der Waals surface area contributed by atoms with E-state index in [9.17, 15) is 9.59 Å². The molecule has 7 nitrogen and oxygen atoms in total. The van der Waals surface area contributed by atoms with E-state index in [0.29, 0.717) is 37.4 Å². The van der Waals surface area contributed by atoms with Crippen LogP contribution in [0, 0.1) is 13.8 Å². The minimum atomic E-state index is -0.0346. The van der Waals surface area contributed by atoms with Gasteiger partial charge in [-0.05, 0) is 38.8 Å². The lowest BCUT2D eigenvalue weighted by Gasteiger charge is -2.18. The molecule has 0 radical (unpaired) electrons. The van der Waals surface area contributed by atoms with Gasteiger partial charge in [0, 0.05) is 42.5 Å². The van der Waals surface area contributed by atoms with E-state index in [0.717, 1.165) is 35.6 Å². The summed E-state index contributed by atoms with van der Waals surface area (Å²) in [6, 6.07) is 7.28.